The molecule has 0 N–H and O–H groups in total. The first kappa shape index (κ1) is 26.8. The highest BCUT2D eigenvalue weighted by Gasteiger charge is 2.54. The molecule has 0 amide bonds. The van der Waals surface area contributed by atoms with Crippen LogP contribution in [0, 0.1) is 11.8 Å². The summed E-state index contributed by atoms with van der Waals surface area (Å²) < 4.78 is 7.45. The molecule has 0 spiro atoms. The van der Waals surface area contributed by atoms with Crippen LogP contribution in [0.15, 0.2) is 0 Å². The summed E-state index contributed by atoms with van der Waals surface area (Å²) in [6.45, 7) is 22.0. The van der Waals surface area contributed by atoms with Gasteiger partial charge in [0.25, 0.3) is 0 Å². The van der Waals surface area contributed by atoms with Crippen molar-refractivity contribution in [3.8, 4) is 0 Å². The van der Waals surface area contributed by atoms with E-state index in [2.05, 4.69) is 103 Å². The van der Waals surface area contributed by atoms with Crippen molar-refractivity contribution in [3.63, 3.8) is 0 Å². The fourth-order valence-electron chi connectivity index (χ4n) is 4.69. The highest BCUT2D eigenvalue weighted by molar-refractivity contribution is 4.91. The lowest BCUT2D eigenvalue weighted by atomic mass is 9.95. The minimum Gasteiger partial charge on any atom is -0.311 e. The van der Waals surface area contributed by atoms with Crippen LogP contribution in [-0.2, 0) is 4.74 Å². The van der Waals surface area contributed by atoms with E-state index in [1.54, 1.807) is 0 Å². The SMILES string of the molecule is CCC(C)C(OC(C(C)CC)(N(C)C)N(CC)CC)(N(C)C)N(CC)CC. The molecule has 4 atom stereocenters. The molecule has 0 bridgehead atoms. The van der Waals surface area contributed by atoms with Crippen LogP contribution in [0.25, 0.3) is 0 Å². The fourth-order valence-corrected chi connectivity index (χ4v) is 4.69. The van der Waals surface area contributed by atoms with Gasteiger partial charge in [-0.05, 0) is 67.2 Å². The van der Waals surface area contributed by atoms with Crippen LogP contribution < -0.4 is 0 Å². The van der Waals surface area contributed by atoms with E-state index in [1.807, 2.05) is 0 Å². The summed E-state index contributed by atoms with van der Waals surface area (Å²) >= 11 is 0. The van der Waals surface area contributed by atoms with Gasteiger partial charge in [0.05, 0.1) is 0 Å². The minimum absolute atomic E-state index is 0.367. The second-order valence-corrected chi connectivity index (χ2v) is 8.17. The topological polar surface area (TPSA) is 22.2 Å². The quantitative estimate of drug-likeness (QED) is 0.416. The molecule has 0 aliphatic carbocycles. The van der Waals surface area contributed by atoms with Gasteiger partial charge in [-0.25, -0.2) is 0 Å². The number of hydrogen-bond donors (Lipinski definition) is 0. The molecule has 0 rings (SSSR count). The molecule has 5 heteroatoms. The monoisotopic (exact) mass is 386 g/mol. The number of hydrogen-bond acceptors (Lipinski definition) is 5. The van der Waals surface area contributed by atoms with E-state index >= 15 is 0 Å². The third kappa shape index (κ3) is 5.05. The summed E-state index contributed by atoms with van der Waals surface area (Å²) in [6.07, 6.45) is 2.13. The maximum absolute atomic E-state index is 7.45. The first-order valence-corrected chi connectivity index (χ1v) is 11.1. The van der Waals surface area contributed by atoms with Gasteiger partial charge in [0.2, 0.25) is 0 Å². The molecule has 0 aliphatic heterocycles. The first-order chi connectivity index (χ1) is 12.6. The van der Waals surface area contributed by atoms with E-state index in [0.29, 0.717) is 11.8 Å². The van der Waals surface area contributed by atoms with Gasteiger partial charge in [0, 0.05) is 11.8 Å². The molecule has 164 valence electrons. The van der Waals surface area contributed by atoms with Crippen molar-refractivity contribution in [3.05, 3.63) is 0 Å². The lowest BCUT2D eigenvalue weighted by molar-refractivity contribution is -0.389. The lowest BCUT2D eigenvalue weighted by Crippen LogP contribution is -2.73. The minimum atomic E-state index is -0.464. The Morgan fingerprint density at radius 3 is 1.00 bits per heavy atom. The standard InChI is InChI=1S/C22H50N4O/c1-13-19(7)21(23(9)10,25(15-3)16-4)27-22(24(11)12,20(8)14-2)26(17-5)18-6/h19-20H,13-18H2,1-12H3. The third-order valence-corrected chi connectivity index (χ3v) is 6.52. The second-order valence-electron chi connectivity index (χ2n) is 8.17. The van der Waals surface area contributed by atoms with Crippen molar-refractivity contribution in [1.29, 1.82) is 0 Å². The van der Waals surface area contributed by atoms with E-state index in [-0.39, 0.29) is 0 Å². The van der Waals surface area contributed by atoms with Crippen molar-refractivity contribution >= 4 is 0 Å². The summed E-state index contributed by atoms with van der Waals surface area (Å²) in [4.78, 5) is 9.59. The molecule has 0 aliphatic rings. The number of ether oxygens (including phenoxy) is 1. The van der Waals surface area contributed by atoms with Crippen LogP contribution in [-0.4, -0.2) is 85.7 Å². The smallest absolute Gasteiger partial charge is 0.185 e. The normalized spacial score (nSPS) is 19.6. The zero-order valence-corrected chi connectivity index (χ0v) is 20.6. The van der Waals surface area contributed by atoms with Gasteiger partial charge >= 0.3 is 0 Å². The summed E-state index contributed by atoms with van der Waals surface area (Å²) in [5.41, 5.74) is 0. The molecule has 0 fully saturated rings. The van der Waals surface area contributed by atoms with Crippen LogP contribution in [0.2, 0.25) is 0 Å². The van der Waals surface area contributed by atoms with Gasteiger partial charge in [-0.3, -0.25) is 19.6 Å². The number of nitrogens with zero attached hydrogens (tertiary/aromatic N) is 4. The lowest BCUT2D eigenvalue weighted by Gasteiger charge is -2.60. The Balaban J connectivity index is 6.74. The molecule has 0 saturated heterocycles. The van der Waals surface area contributed by atoms with Gasteiger partial charge in [0.15, 0.2) is 11.7 Å². The highest BCUT2D eigenvalue weighted by atomic mass is 16.6. The third-order valence-electron chi connectivity index (χ3n) is 6.52. The summed E-state index contributed by atoms with van der Waals surface area (Å²) in [6, 6.07) is 0. The van der Waals surface area contributed by atoms with Crippen LogP contribution >= 0.6 is 0 Å². The number of rotatable bonds is 14. The summed E-state index contributed by atoms with van der Waals surface area (Å²) in [5.74, 6) is -0.194. The molecule has 4 unspecified atom stereocenters. The maximum atomic E-state index is 7.45. The predicted octanol–water partition coefficient (Wildman–Crippen LogP) is 4.21. The van der Waals surface area contributed by atoms with Crippen LogP contribution in [0.1, 0.15) is 68.2 Å². The van der Waals surface area contributed by atoms with E-state index in [9.17, 15) is 0 Å². The highest BCUT2D eigenvalue weighted by Crippen LogP contribution is 2.41. The van der Waals surface area contributed by atoms with Gasteiger partial charge in [-0.1, -0.05) is 55.4 Å². The fraction of sp³-hybridized carbons (Fsp3) is 1.00. The Morgan fingerprint density at radius 2 is 0.852 bits per heavy atom. The first-order valence-electron chi connectivity index (χ1n) is 11.1. The average Bonchev–Trinajstić information content (AvgIpc) is 2.65. The summed E-state index contributed by atoms with van der Waals surface area (Å²) in [7, 11) is 8.68. The van der Waals surface area contributed by atoms with E-state index < -0.39 is 11.7 Å². The molecule has 27 heavy (non-hydrogen) atoms. The zero-order chi connectivity index (χ0) is 21.4. The Morgan fingerprint density at radius 1 is 0.593 bits per heavy atom. The van der Waals surface area contributed by atoms with Gasteiger partial charge in [0.1, 0.15) is 0 Å². The van der Waals surface area contributed by atoms with E-state index in [1.165, 1.54) is 0 Å². The zero-order valence-electron chi connectivity index (χ0n) is 20.6. The molecule has 0 saturated carbocycles. The molecule has 0 aromatic heterocycles. The molecule has 5 nitrogen and oxygen atoms in total. The van der Waals surface area contributed by atoms with Crippen LogP contribution in [0.5, 0.6) is 0 Å². The van der Waals surface area contributed by atoms with Crippen molar-refractivity contribution in [2.75, 3.05) is 54.4 Å². The van der Waals surface area contributed by atoms with Crippen LogP contribution in [0.4, 0.5) is 0 Å². The molecule has 0 aromatic carbocycles. The van der Waals surface area contributed by atoms with E-state index in [0.717, 1.165) is 39.0 Å². The largest absolute Gasteiger partial charge is 0.311 e. The Hall–Kier alpha value is -0.200. The summed E-state index contributed by atoms with van der Waals surface area (Å²) in [5, 5.41) is 0. The van der Waals surface area contributed by atoms with Crippen molar-refractivity contribution in [1.82, 2.24) is 19.6 Å². The van der Waals surface area contributed by atoms with Crippen molar-refractivity contribution in [2.24, 2.45) is 11.8 Å². The second kappa shape index (κ2) is 11.7. The Bertz CT molecular complexity index is 360. The molecular weight excluding hydrogens is 336 g/mol. The van der Waals surface area contributed by atoms with Gasteiger partial charge < -0.3 is 4.74 Å². The predicted molar refractivity (Wildman–Crippen MR) is 119 cm³/mol. The van der Waals surface area contributed by atoms with Crippen molar-refractivity contribution in [2.45, 2.75) is 79.9 Å². The maximum Gasteiger partial charge on any atom is 0.185 e. The van der Waals surface area contributed by atoms with Crippen molar-refractivity contribution < 1.29 is 4.74 Å². The Kier molecular flexibility index (Phi) is 11.6. The molecule has 0 radical (unpaired) electrons. The van der Waals surface area contributed by atoms with Crippen LogP contribution in [0.3, 0.4) is 0 Å². The molecule has 0 aromatic rings. The average molecular weight is 387 g/mol. The molecular formula is C22H50N4O. The van der Waals surface area contributed by atoms with Gasteiger partial charge in [-0.2, -0.15) is 0 Å². The van der Waals surface area contributed by atoms with Gasteiger partial charge in [-0.15, -0.1) is 0 Å². The Labute approximate surface area is 171 Å². The molecule has 0 heterocycles. The van der Waals surface area contributed by atoms with E-state index in [4.69, 9.17) is 4.74 Å².